The van der Waals surface area contributed by atoms with Crippen molar-refractivity contribution in [3.8, 4) is 28.7 Å². The largest absolute Gasteiger partial charge is 0.493 e. The summed E-state index contributed by atoms with van der Waals surface area (Å²) in [4.78, 5) is 4.57. The van der Waals surface area contributed by atoms with Gasteiger partial charge < -0.3 is 9.47 Å². The van der Waals surface area contributed by atoms with E-state index in [1.54, 1.807) is 14.2 Å². The number of fused-ring (bicyclic) bond motifs is 1. The lowest BCUT2D eigenvalue weighted by atomic mass is 10.0. The molecule has 0 saturated heterocycles. The van der Waals surface area contributed by atoms with Crippen molar-refractivity contribution in [3.63, 3.8) is 0 Å². The van der Waals surface area contributed by atoms with Gasteiger partial charge >= 0.3 is 0 Å². The average molecular weight is 427 g/mol. The fraction of sp³-hybridized carbons (Fsp3) is 0.190. The Morgan fingerprint density at radius 2 is 1.79 bits per heavy atom. The number of hydrogen-bond donors (Lipinski definition) is 0. The summed E-state index contributed by atoms with van der Waals surface area (Å²) >= 11 is 7.77. The first kappa shape index (κ1) is 19.5. The van der Waals surface area contributed by atoms with Crippen LogP contribution in [0.4, 0.5) is 0 Å². The Bertz CT molecular complexity index is 1210. The van der Waals surface area contributed by atoms with Crippen LogP contribution in [0.25, 0.3) is 28.0 Å². The number of thioether (sulfide) groups is 1. The van der Waals surface area contributed by atoms with Crippen molar-refractivity contribution in [2.45, 2.75) is 12.1 Å². The minimum absolute atomic E-state index is 0.513. The third kappa shape index (κ3) is 3.52. The number of benzene rings is 2. The second kappa shape index (κ2) is 7.93. The molecule has 0 amide bonds. The smallest absolute Gasteiger partial charge is 0.256 e. The van der Waals surface area contributed by atoms with Crippen LogP contribution < -0.4 is 19.0 Å². The van der Waals surface area contributed by atoms with Gasteiger partial charge in [-0.2, -0.15) is 4.98 Å². The average Bonchev–Trinajstić information content (AvgIpc) is 3.20. The van der Waals surface area contributed by atoms with Crippen molar-refractivity contribution in [1.29, 1.82) is 0 Å². The highest BCUT2D eigenvalue weighted by molar-refractivity contribution is 7.98. The van der Waals surface area contributed by atoms with Crippen molar-refractivity contribution >= 4 is 34.1 Å². The molecule has 0 aliphatic heterocycles. The first-order chi connectivity index (χ1) is 14.0. The maximum Gasteiger partial charge on any atom is 0.256 e. The fourth-order valence-electron chi connectivity index (χ4n) is 3.38. The van der Waals surface area contributed by atoms with Crippen LogP contribution >= 0.6 is 23.4 Å². The summed E-state index contributed by atoms with van der Waals surface area (Å²) in [7, 11) is 3.25. The predicted octanol–water partition coefficient (Wildman–Crippen LogP) is 4.23. The van der Waals surface area contributed by atoms with E-state index in [4.69, 9.17) is 21.1 Å². The highest BCUT2D eigenvalue weighted by atomic mass is 35.5. The second-order valence-corrected chi connectivity index (χ2v) is 7.58. The maximum absolute atomic E-state index is 6.32. The molecule has 4 aromatic rings. The molecule has 0 aliphatic rings. The van der Waals surface area contributed by atoms with E-state index in [1.807, 2.05) is 54.1 Å². The second-order valence-electron chi connectivity index (χ2n) is 6.37. The number of rotatable bonds is 5. The molecule has 0 aliphatic carbocycles. The van der Waals surface area contributed by atoms with Crippen molar-refractivity contribution < 1.29 is 14.0 Å². The van der Waals surface area contributed by atoms with Gasteiger partial charge in [-0.3, -0.25) is 4.57 Å². The van der Waals surface area contributed by atoms with E-state index < -0.39 is 0 Å². The molecule has 0 N–H and O–H groups in total. The van der Waals surface area contributed by atoms with Gasteiger partial charge in [-0.05, 0) is 48.9 Å². The van der Waals surface area contributed by atoms with Crippen molar-refractivity contribution in [2.24, 2.45) is 0 Å². The molecule has 6 nitrogen and oxygen atoms in total. The van der Waals surface area contributed by atoms with Crippen molar-refractivity contribution in [2.75, 3.05) is 20.5 Å². The third-order valence-corrected chi connectivity index (χ3v) is 5.43. The molecule has 2 heterocycles. The predicted molar refractivity (Wildman–Crippen MR) is 114 cm³/mol. The zero-order valence-corrected chi connectivity index (χ0v) is 18.0. The molecule has 0 spiro atoms. The quantitative estimate of drug-likeness (QED) is 0.351. The normalized spacial score (nSPS) is 11.1. The first-order valence-electron chi connectivity index (χ1n) is 8.84. The Labute approximate surface area is 177 Å². The van der Waals surface area contributed by atoms with Gasteiger partial charge in [0.2, 0.25) is 5.16 Å². The van der Waals surface area contributed by atoms with E-state index in [0.717, 1.165) is 27.7 Å². The maximum atomic E-state index is 6.32. The van der Waals surface area contributed by atoms with Gasteiger partial charge in [0.25, 0.3) is 5.95 Å². The summed E-state index contributed by atoms with van der Waals surface area (Å²) in [6.45, 7) is 2.01. The van der Waals surface area contributed by atoms with Gasteiger partial charge in [0.15, 0.2) is 11.5 Å². The number of methoxy groups -OCH3 is 2. The van der Waals surface area contributed by atoms with Crippen LogP contribution in [-0.2, 0) is 0 Å². The molecule has 29 heavy (non-hydrogen) atoms. The number of halogens is 1. The number of ether oxygens (including phenoxy) is 2. The minimum atomic E-state index is 0.513. The number of hydrogen-bond acceptors (Lipinski definition) is 5. The molecule has 0 atom stereocenters. The molecule has 0 radical (unpaired) electrons. The molecule has 0 unspecified atom stereocenters. The summed E-state index contributed by atoms with van der Waals surface area (Å²) in [6, 6.07) is 13.7. The van der Waals surface area contributed by atoms with Gasteiger partial charge in [-0.25, -0.2) is 0 Å². The Morgan fingerprint density at radius 3 is 2.45 bits per heavy atom. The molecule has 8 heteroatoms. The molecule has 4 rings (SSSR count). The zero-order valence-electron chi connectivity index (χ0n) is 16.4. The van der Waals surface area contributed by atoms with Crippen LogP contribution in [0.15, 0.2) is 47.6 Å². The topological polar surface area (TPSA) is 62.2 Å². The van der Waals surface area contributed by atoms with E-state index in [0.29, 0.717) is 27.6 Å². The van der Waals surface area contributed by atoms with Gasteiger partial charge in [0.1, 0.15) is 0 Å². The standard InChI is InChI=1S/C21H19ClN4O2S/c1-12-8-14-10-17(27-2)18(28-3)11-16(14)19(13-6-5-7-15(22)9-13)26(12)20-23-21(29-4)25-24-20/h5-11H,1-4H3. The Hall–Kier alpha value is -2.77. The summed E-state index contributed by atoms with van der Waals surface area (Å²) < 4.78 is 13.0. The van der Waals surface area contributed by atoms with Crippen LogP contribution in [-0.4, -0.2) is 30.7 Å². The number of pyridine rings is 1. The van der Waals surface area contributed by atoms with E-state index in [2.05, 4.69) is 21.2 Å². The molecular formula is C21H19ClN4O2S. The monoisotopic (exact) mass is 426 g/mol. The Morgan fingerprint density at radius 1 is 1.03 bits per heavy atom. The summed E-state index contributed by atoms with van der Waals surface area (Å²) in [5.74, 6) is 1.83. The number of aryl methyl sites for hydroxylation is 1. The Balaban J connectivity index is 2.13. The first-order valence-corrected chi connectivity index (χ1v) is 10.4. The number of nitrogens with zero attached hydrogens (tertiary/aromatic N) is 4. The number of aromatic nitrogens is 4. The van der Waals surface area contributed by atoms with Gasteiger partial charge in [-0.15, -0.1) is 10.2 Å². The lowest BCUT2D eigenvalue weighted by Crippen LogP contribution is -2.39. The molecule has 2 aromatic heterocycles. The minimum Gasteiger partial charge on any atom is -0.493 e. The van der Waals surface area contributed by atoms with Crippen molar-refractivity contribution in [3.05, 3.63) is 53.2 Å². The van der Waals surface area contributed by atoms with Crippen molar-refractivity contribution in [1.82, 2.24) is 15.2 Å². The summed E-state index contributed by atoms with van der Waals surface area (Å²) in [5.41, 5.74) is 2.80. The van der Waals surface area contributed by atoms with E-state index >= 15 is 0 Å². The molecule has 0 fully saturated rings. The van der Waals surface area contributed by atoms with Crippen LogP contribution in [0.1, 0.15) is 5.69 Å². The molecule has 0 bridgehead atoms. The summed E-state index contributed by atoms with van der Waals surface area (Å²) in [6.07, 6.45) is 1.92. The van der Waals surface area contributed by atoms with Crippen LogP contribution in [0.5, 0.6) is 11.5 Å². The molecule has 0 saturated carbocycles. The lowest BCUT2D eigenvalue weighted by molar-refractivity contribution is -0.598. The van der Waals surface area contributed by atoms with Crippen LogP contribution in [0, 0.1) is 6.92 Å². The fourth-order valence-corrected chi connectivity index (χ4v) is 3.87. The Kier molecular flexibility index (Phi) is 5.34. The van der Waals surface area contributed by atoms with Gasteiger partial charge in [0, 0.05) is 21.7 Å². The summed E-state index contributed by atoms with van der Waals surface area (Å²) in [5, 5.41) is 11.7. The highest BCUT2D eigenvalue weighted by Crippen LogP contribution is 2.37. The highest BCUT2D eigenvalue weighted by Gasteiger charge is 2.19. The SMILES string of the molecule is COc1cc2cc(C)[n+](-c3nnc(SC)[n-]3)c(-c3cccc(Cl)c3)c2cc1OC. The zero-order chi connectivity index (χ0) is 20.5. The molecule has 2 aromatic carbocycles. The van der Waals surface area contributed by atoms with Crippen LogP contribution in [0.2, 0.25) is 5.02 Å². The van der Waals surface area contributed by atoms with Gasteiger partial charge in [0.05, 0.1) is 19.9 Å². The molecule has 148 valence electrons. The van der Waals surface area contributed by atoms with E-state index in [-0.39, 0.29) is 0 Å². The van der Waals surface area contributed by atoms with Crippen LogP contribution in [0.3, 0.4) is 0 Å². The van der Waals surface area contributed by atoms with Gasteiger partial charge in [-0.1, -0.05) is 35.5 Å². The van der Waals surface area contributed by atoms with E-state index in [1.165, 1.54) is 11.8 Å². The lowest BCUT2D eigenvalue weighted by Gasteiger charge is -2.19. The third-order valence-electron chi connectivity index (χ3n) is 4.65. The molecular weight excluding hydrogens is 408 g/mol. The van der Waals surface area contributed by atoms with E-state index in [9.17, 15) is 0 Å².